The van der Waals surface area contributed by atoms with Gasteiger partial charge in [0, 0.05) is 31.2 Å². The molecule has 0 saturated heterocycles. The van der Waals surface area contributed by atoms with E-state index >= 15 is 0 Å². The molecule has 0 aromatic heterocycles. The summed E-state index contributed by atoms with van der Waals surface area (Å²) in [4.78, 5) is 28.5. The van der Waals surface area contributed by atoms with Gasteiger partial charge in [-0.1, -0.05) is 0 Å². The van der Waals surface area contributed by atoms with Crippen LogP contribution in [0.25, 0.3) is 0 Å². The second-order valence-electron chi connectivity index (χ2n) is 7.40. The van der Waals surface area contributed by atoms with Crippen LogP contribution in [0.5, 0.6) is 5.75 Å². The highest BCUT2D eigenvalue weighted by Gasteiger charge is 2.15. The third kappa shape index (κ3) is 7.18. The normalized spacial score (nSPS) is 10.5. The summed E-state index contributed by atoms with van der Waals surface area (Å²) in [5, 5.41) is 8.56. The molecule has 0 unspecified atom stereocenters. The number of nitrogens with one attached hydrogen (secondary N) is 4. The second-order valence-corrected chi connectivity index (χ2v) is 7.40. The number of likely N-dealkylation sites (N-methyl/N-ethyl adjacent to an activating group) is 1. The van der Waals surface area contributed by atoms with Crippen molar-refractivity contribution < 1.29 is 19.2 Å². The zero-order valence-corrected chi connectivity index (χ0v) is 19.0. The molecule has 2 aromatic carbocycles. The Bertz CT molecular complexity index is 864. The predicted octanol–water partition coefficient (Wildman–Crippen LogP) is 2.06. The van der Waals surface area contributed by atoms with E-state index in [0.29, 0.717) is 29.2 Å². The molecule has 0 aliphatic heterocycles. The lowest BCUT2D eigenvalue weighted by Crippen LogP contribution is -3.12. The van der Waals surface area contributed by atoms with E-state index in [9.17, 15) is 9.59 Å². The largest absolute Gasteiger partial charge is 0.497 e. The number of methoxy groups -OCH3 is 1. The maximum atomic E-state index is 12.8. The summed E-state index contributed by atoms with van der Waals surface area (Å²) in [5.41, 5.74) is 2.48. The lowest BCUT2D eigenvalue weighted by molar-refractivity contribution is -0.895. The highest BCUT2D eigenvalue weighted by molar-refractivity contribution is 6.03. The lowest BCUT2D eigenvalue weighted by atomic mass is 10.1. The Morgan fingerprint density at radius 3 is 2.16 bits per heavy atom. The monoisotopic (exact) mass is 428 g/mol. The number of benzene rings is 2. The van der Waals surface area contributed by atoms with Crippen molar-refractivity contribution in [1.29, 1.82) is 0 Å². The molecule has 0 spiro atoms. The molecule has 8 nitrogen and oxygen atoms in total. The van der Waals surface area contributed by atoms with Crippen molar-refractivity contribution in [3.63, 3.8) is 0 Å². The third-order valence-corrected chi connectivity index (χ3v) is 5.09. The van der Waals surface area contributed by atoms with Crippen LogP contribution in [-0.2, 0) is 0 Å². The number of amides is 3. The fourth-order valence-corrected chi connectivity index (χ4v) is 3.21. The highest BCUT2D eigenvalue weighted by atomic mass is 16.5. The van der Waals surface area contributed by atoms with Gasteiger partial charge < -0.3 is 30.5 Å². The second kappa shape index (κ2) is 11.8. The molecule has 31 heavy (non-hydrogen) atoms. The van der Waals surface area contributed by atoms with E-state index in [-0.39, 0.29) is 11.9 Å². The zero-order chi connectivity index (χ0) is 22.8. The van der Waals surface area contributed by atoms with Gasteiger partial charge in [-0.3, -0.25) is 4.79 Å². The van der Waals surface area contributed by atoms with E-state index < -0.39 is 0 Å². The van der Waals surface area contributed by atoms with Gasteiger partial charge in [-0.2, -0.15) is 0 Å². The van der Waals surface area contributed by atoms with Crippen molar-refractivity contribution >= 4 is 29.0 Å². The van der Waals surface area contributed by atoms with Crippen molar-refractivity contribution in [3.8, 4) is 5.75 Å². The lowest BCUT2D eigenvalue weighted by Gasteiger charge is -2.19. The number of carbonyl (C=O) groups excluding carboxylic acids is 2. The first-order valence-electron chi connectivity index (χ1n) is 10.5. The Labute approximate surface area is 184 Å². The van der Waals surface area contributed by atoms with Crippen molar-refractivity contribution in [1.82, 2.24) is 5.32 Å². The van der Waals surface area contributed by atoms with E-state index in [4.69, 9.17) is 4.74 Å². The molecule has 3 amide bonds. The molecule has 0 saturated carbocycles. The van der Waals surface area contributed by atoms with E-state index in [1.54, 1.807) is 43.5 Å². The number of nitrogens with zero attached hydrogens (tertiary/aromatic N) is 1. The Morgan fingerprint density at radius 2 is 1.58 bits per heavy atom. The van der Waals surface area contributed by atoms with Gasteiger partial charge in [0.1, 0.15) is 5.75 Å². The topological polar surface area (TPSA) is 87.1 Å². The minimum atomic E-state index is -0.390. The summed E-state index contributed by atoms with van der Waals surface area (Å²) in [7, 11) is 5.36. The molecular weight excluding hydrogens is 394 g/mol. The summed E-state index contributed by atoms with van der Waals surface area (Å²) in [6.07, 6.45) is 0. The number of quaternary nitrogens is 1. The quantitative estimate of drug-likeness (QED) is 0.467. The molecular formula is C23H34N5O3+. The van der Waals surface area contributed by atoms with Gasteiger partial charge in [-0.25, -0.2) is 4.79 Å². The summed E-state index contributed by atoms with van der Waals surface area (Å²) < 4.78 is 5.12. The average molecular weight is 429 g/mol. The molecule has 8 heteroatoms. The molecule has 2 rings (SSSR count). The van der Waals surface area contributed by atoms with Crippen molar-refractivity contribution in [2.75, 3.05) is 62.9 Å². The SMILES string of the molecule is CC[NH+](CC)CCNC(=O)c1cc(NC(=O)Nc2ccc(OC)cc2)ccc1N(C)C. The minimum absolute atomic E-state index is 0.158. The van der Waals surface area contributed by atoms with Crippen LogP contribution in [0.4, 0.5) is 21.9 Å². The minimum Gasteiger partial charge on any atom is -0.497 e. The molecule has 0 fully saturated rings. The zero-order valence-electron chi connectivity index (χ0n) is 19.0. The van der Waals surface area contributed by atoms with Crippen LogP contribution in [0.3, 0.4) is 0 Å². The van der Waals surface area contributed by atoms with Gasteiger partial charge in [-0.05, 0) is 56.3 Å². The molecule has 0 atom stereocenters. The Kier molecular flexibility index (Phi) is 9.14. The third-order valence-electron chi connectivity index (χ3n) is 5.09. The predicted molar refractivity (Wildman–Crippen MR) is 126 cm³/mol. The molecule has 0 aliphatic rings. The van der Waals surface area contributed by atoms with E-state index in [1.165, 1.54) is 4.90 Å². The molecule has 2 aromatic rings. The molecule has 0 heterocycles. The summed E-state index contributed by atoms with van der Waals surface area (Å²) >= 11 is 0. The molecule has 0 aliphatic carbocycles. The van der Waals surface area contributed by atoms with Gasteiger partial charge in [0.05, 0.1) is 38.9 Å². The van der Waals surface area contributed by atoms with Crippen molar-refractivity contribution in [2.45, 2.75) is 13.8 Å². The van der Waals surface area contributed by atoms with Crippen molar-refractivity contribution in [2.24, 2.45) is 0 Å². The molecule has 0 bridgehead atoms. The number of hydrogen-bond acceptors (Lipinski definition) is 4. The van der Waals surface area contributed by atoms with Crippen LogP contribution >= 0.6 is 0 Å². The van der Waals surface area contributed by atoms with Crippen LogP contribution in [0.15, 0.2) is 42.5 Å². The van der Waals surface area contributed by atoms with Crippen LogP contribution in [0.2, 0.25) is 0 Å². The van der Waals surface area contributed by atoms with Gasteiger partial charge in [0.15, 0.2) is 0 Å². The summed E-state index contributed by atoms with van der Waals surface area (Å²) in [5.74, 6) is 0.554. The molecule has 0 radical (unpaired) electrons. The maximum Gasteiger partial charge on any atom is 0.323 e. The number of hydrogen-bond donors (Lipinski definition) is 4. The van der Waals surface area contributed by atoms with E-state index in [0.717, 1.165) is 25.3 Å². The molecule has 168 valence electrons. The fraction of sp³-hybridized carbons (Fsp3) is 0.391. The average Bonchev–Trinajstić information content (AvgIpc) is 2.76. The maximum absolute atomic E-state index is 12.8. The first kappa shape index (κ1) is 24.0. The number of anilines is 3. The van der Waals surface area contributed by atoms with Gasteiger partial charge >= 0.3 is 6.03 Å². The number of rotatable bonds is 10. The first-order chi connectivity index (χ1) is 14.9. The Hall–Kier alpha value is -3.26. The fourth-order valence-electron chi connectivity index (χ4n) is 3.21. The smallest absolute Gasteiger partial charge is 0.323 e. The van der Waals surface area contributed by atoms with Crippen LogP contribution in [-0.4, -0.2) is 59.3 Å². The van der Waals surface area contributed by atoms with Gasteiger partial charge in [0.2, 0.25) is 0 Å². The van der Waals surface area contributed by atoms with Crippen LogP contribution in [0.1, 0.15) is 24.2 Å². The van der Waals surface area contributed by atoms with Crippen LogP contribution < -0.4 is 30.5 Å². The van der Waals surface area contributed by atoms with Gasteiger partial charge in [0.25, 0.3) is 5.91 Å². The Balaban J connectivity index is 2.07. The summed E-state index contributed by atoms with van der Waals surface area (Å²) in [6.45, 7) is 7.79. The first-order valence-corrected chi connectivity index (χ1v) is 10.5. The Morgan fingerprint density at radius 1 is 0.968 bits per heavy atom. The van der Waals surface area contributed by atoms with E-state index in [1.807, 2.05) is 25.1 Å². The number of ether oxygens (including phenoxy) is 1. The van der Waals surface area contributed by atoms with E-state index in [2.05, 4.69) is 29.8 Å². The van der Waals surface area contributed by atoms with Crippen molar-refractivity contribution in [3.05, 3.63) is 48.0 Å². The standard InChI is InChI=1S/C23H33N5O3/c1-6-28(7-2)15-14-24-22(29)20-16-18(10-13-21(20)27(3)4)26-23(30)25-17-8-11-19(31-5)12-9-17/h8-13,16H,6-7,14-15H2,1-5H3,(H,24,29)(H2,25,26,30)/p+1. The summed E-state index contributed by atoms with van der Waals surface area (Å²) in [6, 6.07) is 12.0. The highest BCUT2D eigenvalue weighted by Crippen LogP contribution is 2.23. The van der Waals surface area contributed by atoms with Crippen LogP contribution in [0, 0.1) is 0 Å². The van der Waals surface area contributed by atoms with Gasteiger partial charge in [-0.15, -0.1) is 0 Å². The number of urea groups is 1. The number of carbonyl (C=O) groups is 2. The molecule has 4 N–H and O–H groups in total.